The van der Waals surface area contributed by atoms with Crippen molar-refractivity contribution in [1.29, 1.82) is 0 Å². The highest BCUT2D eigenvalue weighted by atomic mass is 16.5. The predicted molar refractivity (Wildman–Crippen MR) is 81.8 cm³/mol. The quantitative estimate of drug-likeness (QED) is 0.875. The standard InChI is InChI=1S/C16H27N3O2/c1-16(2,3)15-13(6-10-21-15)11-18-14(20)5-4-8-19-9-7-17-12-19/h7,9,12-13,15H,4-6,8,10-11H2,1-3H3,(H,18,20)/t13-,15+/m1/s1. The molecule has 1 aliphatic rings. The van der Waals surface area contributed by atoms with E-state index in [4.69, 9.17) is 4.74 Å². The Kier molecular flexibility index (Phi) is 5.39. The third kappa shape index (κ3) is 4.84. The molecule has 0 spiro atoms. The van der Waals surface area contributed by atoms with E-state index in [1.165, 1.54) is 0 Å². The number of imidazole rings is 1. The molecule has 0 radical (unpaired) electrons. The number of carbonyl (C=O) groups excluding carboxylic acids is 1. The Bertz CT molecular complexity index is 437. The van der Waals surface area contributed by atoms with Crippen LogP contribution in [0.2, 0.25) is 0 Å². The van der Waals surface area contributed by atoms with Crippen LogP contribution in [-0.2, 0) is 16.1 Å². The summed E-state index contributed by atoms with van der Waals surface area (Å²) < 4.78 is 7.82. The van der Waals surface area contributed by atoms with E-state index in [2.05, 4.69) is 31.1 Å². The number of carbonyl (C=O) groups is 1. The number of amides is 1. The summed E-state index contributed by atoms with van der Waals surface area (Å²) in [6, 6.07) is 0. The number of hydrogen-bond acceptors (Lipinski definition) is 3. The van der Waals surface area contributed by atoms with Gasteiger partial charge in [-0.1, -0.05) is 20.8 Å². The molecule has 5 heteroatoms. The maximum atomic E-state index is 11.9. The van der Waals surface area contributed by atoms with Gasteiger partial charge in [-0.25, -0.2) is 4.98 Å². The van der Waals surface area contributed by atoms with Gasteiger partial charge in [0.15, 0.2) is 0 Å². The van der Waals surface area contributed by atoms with Crippen LogP contribution in [0, 0.1) is 11.3 Å². The average molecular weight is 293 g/mol. The Labute approximate surface area is 127 Å². The Hall–Kier alpha value is -1.36. The molecule has 1 aromatic rings. The monoisotopic (exact) mass is 293 g/mol. The third-order valence-corrected chi connectivity index (χ3v) is 4.01. The maximum Gasteiger partial charge on any atom is 0.220 e. The molecule has 118 valence electrons. The highest BCUT2D eigenvalue weighted by Crippen LogP contribution is 2.34. The Morgan fingerprint density at radius 2 is 2.29 bits per heavy atom. The van der Waals surface area contributed by atoms with Crippen LogP contribution in [0.15, 0.2) is 18.7 Å². The summed E-state index contributed by atoms with van der Waals surface area (Å²) in [5.74, 6) is 0.567. The van der Waals surface area contributed by atoms with Crippen molar-refractivity contribution >= 4 is 5.91 Å². The van der Waals surface area contributed by atoms with Crippen molar-refractivity contribution in [3.8, 4) is 0 Å². The third-order valence-electron chi connectivity index (χ3n) is 4.01. The minimum absolute atomic E-state index is 0.132. The van der Waals surface area contributed by atoms with Gasteiger partial charge in [-0.2, -0.15) is 0 Å². The van der Waals surface area contributed by atoms with E-state index in [-0.39, 0.29) is 17.4 Å². The van der Waals surface area contributed by atoms with Gasteiger partial charge in [0, 0.05) is 44.4 Å². The number of aryl methyl sites for hydroxylation is 1. The first kappa shape index (κ1) is 16.0. The van der Waals surface area contributed by atoms with Gasteiger partial charge in [0.25, 0.3) is 0 Å². The van der Waals surface area contributed by atoms with Gasteiger partial charge < -0.3 is 14.6 Å². The second-order valence-electron chi connectivity index (χ2n) is 6.91. The molecule has 0 unspecified atom stereocenters. The van der Waals surface area contributed by atoms with E-state index < -0.39 is 0 Å². The summed E-state index contributed by atoms with van der Waals surface area (Å²) >= 11 is 0. The molecule has 2 heterocycles. The van der Waals surface area contributed by atoms with Crippen molar-refractivity contribution < 1.29 is 9.53 Å². The van der Waals surface area contributed by atoms with Crippen molar-refractivity contribution in [3.63, 3.8) is 0 Å². The lowest BCUT2D eigenvalue weighted by Gasteiger charge is -2.31. The lowest BCUT2D eigenvalue weighted by Crippen LogP contribution is -2.38. The molecule has 0 bridgehead atoms. The first-order valence-corrected chi connectivity index (χ1v) is 7.81. The van der Waals surface area contributed by atoms with Crippen LogP contribution < -0.4 is 5.32 Å². The van der Waals surface area contributed by atoms with Gasteiger partial charge in [-0.15, -0.1) is 0 Å². The normalized spacial score (nSPS) is 22.4. The number of hydrogen-bond donors (Lipinski definition) is 1. The summed E-state index contributed by atoms with van der Waals surface area (Å²) in [7, 11) is 0. The summed E-state index contributed by atoms with van der Waals surface area (Å²) in [5, 5.41) is 3.06. The summed E-state index contributed by atoms with van der Waals surface area (Å²) in [6.45, 7) is 8.97. The van der Waals surface area contributed by atoms with Gasteiger partial charge in [0.1, 0.15) is 0 Å². The van der Waals surface area contributed by atoms with E-state index in [0.717, 1.165) is 32.5 Å². The van der Waals surface area contributed by atoms with Gasteiger partial charge in [-0.05, 0) is 18.3 Å². The fraction of sp³-hybridized carbons (Fsp3) is 0.750. The van der Waals surface area contributed by atoms with E-state index in [1.807, 2.05) is 10.8 Å². The zero-order valence-corrected chi connectivity index (χ0v) is 13.3. The topological polar surface area (TPSA) is 56.1 Å². The average Bonchev–Trinajstić information content (AvgIpc) is 3.06. The van der Waals surface area contributed by atoms with E-state index in [9.17, 15) is 4.79 Å². The van der Waals surface area contributed by atoms with Crippen LogP contribution in [0.1, 0.15) is 40.0 Å². The first-order chi connectivity index (χ1) is 9.97. The van der Waals surface area contributed by atoms with Gasteiger partial charge in [0.2, 0.25) is 5.91 Å². The number of ether oxygens (including phenoxy) is 1. The summed E-state index contributed by atoms with van der Waals surface area (Å²) in [6.07, 6.45) is 8.13. The van der Waals surface area contributed by atoms with Gasteiger partial charge >= 0.3 is 0 Å². The van der Waals surface area contributed by atoms with E-state index >= 15 is 0 Å². The molecule has 1 aromatic heterocycles. The summed E-state index contributed by atoms with van der Waals surface area (Å²) in [5.41, 5.74) is 0.132. The van der Waals surface area contributed by atoms with Crippen molar-refractivity contribution in [2.45, 2.75) is 52.7 Å². The molecule has 1 amide bonds. The fourth-order valence-corrected chi connectivity index (χ4v) is 2.97. The molecular weight excluding hydrogens is 266 g/mol. The SMILES string of the molecule is CC(C)(C)[C@H]1OCC[C@@H]1CNC(=O)CCCn1ccnc1. The van der Waals surface area contributed by atoms with Crippen molar-refractivity contribution in [2.24, 2.45) is 11.3 Å². The molecular formula is C16H27N3O2. The number of rotatable bonds is 6. The fourth-order valence-electron chi connectivity index (χ4n) is 2.97. The Balaban J connectivity index is 1.66. The van der Waals surface area contributed by atoms with Gasteiger partial charge in [0.05, 0.1) is 12.4 Å². The van der Waals surface area contributed by atoms with Crippen LogP contribution in [0.5, 0.6) is 0 Å². The molecule has 5 nitrogen and oxygen atoms in total. The summed E-state index contributed by atoms with van der Waals surface area (Å²) in [4.78, 5) is 15.9. The largest absolute Gasteiger partial charge is 0.377 e. The number of nitrogens with zero attached hydrogens (tertiary/aromatic N) is 2. The smallest absolute Gasteiger partial charge is 0.220 e. The minimum atomic E-state index is 0.132. The highest BCUT2D eigenvalue weighted by molar-refractivity contribution is 5.75. The first-order valence-electron chi connectivity index (χ1n) is 7.81. The molecule has 21 heavy (non-hydrogen) atoms. The predicted octanol–water partition coefficient (Wildman–Crippen LogP) is 2.23. The van der Waals surface area contributed by atoms with Crippen LogP contribution >= 0.6 is 0 Å². The van der Waals surface area contributed by atoms with Crippen molar-refractivity contribution in [1.82, 2.24) is 14.9 Å². The minimum Gasteiger partial charge on any atom is -0.377 e. The van der Waals surface area contributed by atoms with Crippen LogP contribution in [0.25, 0.3) is 0 Å². The molecule has 0 saturated carbocycles. The van der Waals surface area contributed by atoms with Crippen LogP contribution in [0.3, 0.4) is 0 Å². The molecule has 0 aromatic carbocycles. The highest BCUT2D eigenvalue weighted by Gasteiger charge is 2.37. The Morgan fingerprint density at radius 1 is 1.48 bits per heavy atom. The molecule has 1 N–H and O–H groups in total. The zero-order valence-electron chi connectivity index (χ0n) is 13.3. The van der Waals surface area contributed by atoms with Crippen molar-refractivity contribution in [2.75, 3.05) is 13.2 Å². The van der Waals surface area contributed by atoms with E-state index in [1.54, 1.807) is 12.5 Å². The molecule has 1 aliphatic heterocycles. The zero-order chi connectivity index (χ0) is 15.3. The molecule has 2 rings (SSSR count). The Morgan fingerprint density at radius 3 is 2.95 bits per heavy atom. The second kappa shape index (κ2) is 7.07. The molecule has 1 fully saturated rings. The molecule has 0 aliphatic carbocycles. The van der Waals surface area contributed by atoms with Crippen LogP contribution in [0.4, 0.5) is 0 Å². The maximum absolute atomic E-state index is 11.9. The second-order valence-corrected chi connectivity index (χ2v) is 6.91. The molecule has 1 saturated heterocycles. The number of nitrogens with one attached hydrogen (secondary N) is 1. The van der Waals surface area contributed by atoms with Crippen molar-refractivity contribution in [3.05, 3.63) is 18.7 Å². The van der Waals surface area contributed by atoms with Crippen LogP contribution in [-0.4, -0.2) is 34.7 Å². The lowest BCUT2D eigenvalue weighted by molar-refractivity contribution is -0.121. The number of aromatic nitrogens is 2. The lowest BCUT2D eigenvalue weighted by atomic mass is 9.81. The van der Waals surface area contributed by atoms with E-state index in [0.29, 0.717) is 12.3 Å². The molecule has 2 atom stereocenters. The van der Waals surface area contributed by atoms with Gasteiger partial charge in [-0.3, -0.25) is 4.79 Å².